The van der Waals surface area contributed by atoms with Crippen molar-refractivity contribution in [3.63, 3.8) is 0 Å². The highest BCUT2D eigenvalue weighted by Crippen LogP contribution is 2.15. The van der Waals surface area contributed by atoms with E-state index in [0.717, 1.165) is 37.2 Å². The molecule has 0 aliphatic carbocycles. The minimum absolute atomic E-state index is 0. The molecule has 1 amide bonds. The summed E-state index contributed by atoms with van der Waals surface area (Å²) in [6.45, 7) is 1.74. The number of carbonyl (C=O) groups is 1. The molecule has 1 saturated heterocycles. The first-order valence-electron chi connectivity index (χ1n) is 6.85. The lowest BCUT2D eigenvalue weighted by atomic mass is 10.0. The van der Waals surface area contributed by atoms with E-state index in [1.165, 1.54) is 0 Å². The highest BCUT2D eigenvalue weighted by molar-refractivity contribution is 5.85. The van der Waals surface area contributed by atoms with Gasteiger partial charge < -0.3 is 15.5 Å². The molecule has 120 valence electrons. The Balaban J connectivity index is 0.00000200. The maximum atomic E-state index is 12.2. The Morgan fingerprint density at radius 1 is 1.19 bits per heavy atom. The van der Waals surface area contributed by atoms with Crippen LogP contribution in [0.3, 0.4) is 0 Å². The smallest absolute Gasteiger partial charge is 0.226 e. The van der Waals surface area contributed by atoms with Crippen molar-refractivity contribution in [1.82, 2.24) is 9.80 Å². The largest absolute Gasteiger partial charge is 0.399 e. The zero-order valence-corrected chi connectivity index (χ0v) is 14.3. The van der Waals surface area contributed by atoms with Crippen molar-refractivity contribution in [2.75, 3.05) is 32.9 Å². The molecule has 4 nitrogen and oxygen atoms in total. The first kappa shape index (κ1) is 20.0. The number of nitrogens with zero attached hydrogens (tertiary/aromatic N) is 2. The van der Waals surface area contributed by atoms with E-state index in [-0.39, 0.29) is 30.7 Å². The fourth-order valence-corrected chi connectivity index (χ4v) is 2.55. The van der Waals surface area contributed by atoms with Gasteiger partial charge >= 0.3 is 0 Å². The molecule has 2 N–H and O–H groups in total. The number of piperidine rings is 1. The minimum atomic E-state index is 0. The molecular formula is C15H25Cl2N3O. The average Bonchev–Trinajstić information content (AvgIpc) is 2.41. The van der Waals surface area contributed by atoms with Crippen molar-refractivity contribution >= 4 is 36.4 Å². The van der Waals surface area contributed by atoms with Gasteiger partial charge in [0.25, 0.3) is 0 Å². The van der Waals surface area contributed by atoms with Crippen LogP contribution in [0.25, 0.3) is 0 Å². The monoisotopic (exact) mass is 333 g/mol. The van der Waals surface area contributed by atoms with Crippen molar-refractivity contribution in [1.29, 1.82) is 0 Å². The standard InChI is InChI=1S/C15H23N3O.2ClH/c1-17(2)14-7-9-18(10-8-14)15(19)11-12-3-5-13(16)6-4-12;;/h3-6,14H,7-11,16H2,1-2H3;2*1H. The predicted octanol–water partition coefficient (Wildman–Crippen LogP) is 2.21. The second-order valence-electron chi connectivity index (χ2n) is 5.49. The van der Waals surface area contributed by atoms with E-state index in [0.29, 0.717) is 12.5 Å². The van der Waals surface area contributed by atoms with Crippen LogP contribution in [0.1, 0.15) is 18.4 Å². The average molecular weight is 334 g/mol. The minimum Gasteiger partial charge on any atom is -0.399 e. The van der Waals surface area contributed by atoms with Crippen molar-refractivity contribution in [3.8, 4) is 0 Å². The van der Waals surface area contributed by atoms with E-state index in [1.807, 2.05) is 29.2 Å². The van der Waals surface area contributed by atoms with E-state index in [2.05, 4.69) is 19.0 Å². The molecule has 0 radical (unpaired) electrons. The van der Waals surface area contributed by atoms with Crippen LogP contribution in [0.4, 0.5) is 5.69 Å². The lowest BCUT2D eigenvalue weighted by molar-refractivity contribution is -0.131. The van der Waals surface area contributed by atoms with Crippen molar-refractivity contribution in [3.05, 3.63) is 29.8 Å². The fraction of sp³-hybridized carbons (Fsp3) is 0.533. The summed E-state index contributed by atoms with van der Waals surface area (Å²) in [6.07, 6.45) is 2.62. The second kappa shape index (κ2) is 9.13. The number of amides is 1. The zero-order valence-electron chi connectivity index (χ0n) is 12.6. The Morgan fingerprint density at radius 3 is 2.19 bits per heavy atom. The molecule has 6 heteroatoms. The van der Waals surface area contributed by atoms with E-state index < -0.39 is 0 Å². The maximum Gasteiger partial charge on any atom is 0.226 e. The molecule has 1 aromatic rings. The molecular weight excluding hydrogens is 309 g/mol. The van der Waals surface area contributed by atoms with Gasteiger partial charge in [-0.15, -0.1) is 24.8 Å². The number of rotatable bonds is 3. The van der Waals surface area contributed by atoms with Gasteiger partial charge in [-0.1, -0.05) is 12.1 Å². The van der Waals surface area contributed by atoms with Crippen LogP contribution in [0, 0.1) is 0 Å². The number of hydrogen-bond donors (Lipinski definition) is 1. The van der Waals surface area contributed by atoms with E-state index in [4.69, 9.17) is 5.73 Å². The molecule has 21 heavy (non-hydrogen) atoms. The van der Waals surface area contributed by atoms with Gasteiger partial charge in [0.15, 0.2) is 0 Å². The number of hydrogen-bond acceptors (Lipinski definition) is 3. The molecule has 1 aliphatic heterocycles. The lowest BCUT2D eigenvalue weighted by Crippen LogP contribution is -2.44. The summed E-state index contributed by atoms with van der Waals surface area (Å²) in [7, 11) is 4.22. The van der Waals surface area contributed by atoms with Crippen LogP contribution >= 0.6 is 24.8 Å². The molecule has 0 bridgehead atoms. The number of nitrogens with two attached hydrogens (primary N) is 1. The van der Waals surface area contributed by atoms with E-state index in [1.54, 1.807) is 0 Å². The summed E-state index contributed by atoms with van der Waals surface area (Å²) in [5.74, 6) is 0.224. The van der Waals surface area contributed by atoms with Crippen molar-refractivity contribution in [2.24, 2.45) is 0 Å². The van der Waals surface area contributed by atoms with Gasteiger partial charge in [0.2, 0.25) is 5.91 Å². The quantitative estimate of drug-likeness (QED) is 0.863. The van der Waals surface area contributed by atoms with Crippen LogP contribution in [-0.2, 0) is 11.2 Å². The molecule has 1 fully saturated rings. The van der Waals surface area contributed by atoms with Crippen molar-refractivity contribution < 1.29 is 4.79 Å². The van der Waals surface area contributed by atoms with Crippen LogP contribution in [-0.4, -0.2) is 48.9 Å². The van der Waals surface area contributed by atoms with E-state index >= 15 is 0 Å². The summed E-state index contributed by atoms with van der Waals surface area (Å²) in [5.41, 5.74) is 7.42. The molecule has 1 aliphatic rings. The summed E-state index contributed by atoms with van der Waals surface area (Å²) in [6, 6.07) is 8.17. The Kier molecular flexibility index (Phi) is 8.71. The number of carbonyl (C=O) groups excluding carboxylic acids is 1. The Morgan fingerprint density at radius 2 is 1.71 bits per heavy atom. The fourth-order valence-electron chi connectivity index (χ4n) is 2.55. The van der Waals surface area contributed by atoms with E-state index in [9.17, 15) is 4.79 Å². The summed E-state index contributed by atoms with van der Waals surface area (Å²) in [4.78, 5) is 16.4. The number of halogens is 2. The second-order valence-corrected chi connectivity index (χ2v) is 5.49. The first-order valence-corrected chi connectivity index (χ1v) is 6.85. The molecule has 0 aromatic heterocycles. The van der Waals surface area contributed by atoms with Gasteiger partial charge in [0, 0.05) is 24.8 Å². The summed E-state index contributed by atoms with van der Waals surface area (Å²) in [5, 5.41) is 0. The molecule has 1 aromatic carbocycles. The van der Waals surface area contributed by atoms with Gasteiger partial charge in [-0.3, -0.25) is 4.79 Å². The summed E-state index contributed by atoms with van der Waals surface area (Å²) >= 11 is 0. The topological polar surface area (TPSA) is 49.6 Å². The number of anilines is 1. The number of likely N-dealkylation sites (tertiary alicyclic amines) is 1. The van der Waals surface area contributed by atoms with Crippen LogP contribution in [0.2, 0.25) is 0 Å². The highest BCUT2D eigenvalue weighted by Gasteiger charge is 2.23. The zero-order chi connectivity index (χ0) is 13.8. The third-order valence-corrected chi connectivity index (χ3v) is 3.88. The van der Waals surface area contributed by atoms with Gasteiger partial charge in [-0.05, 0) is 44.6 Å². The van der Waals surface area contributed by atoms with Crippen LogP contribution < -0.4 is 5.73 Å². The van der Waals surface area contributed by atoms with Gasteiger partial charge in [-0.25, -0.2) is 0 Å². The summed E-state index contributed by atoms with van der Waals surface area (Å²) < 4.78 is 0. The van der Waals surface area contributed by atoms with Gasteiger partial charge in [0.05, 0.1) is 6.42 Å². The molecule has 0 atom stereocenters. The lowest BCUT2D eigenvalue weighted by Gasteiger charge is -2.35. The molecule has 0 saturated carbocycles. The number of nitrogen functional groups attached to an aromatic ring is 1. The van der Waals surface area contributed by atoms with Crippen molar-refractivity contribution in [2.45, 2.75) is 25.3 Å². The molecule has 0 spiro atoms. The van der Waals surface area contributed by atoms with Crippen LogP contribution in [0.15, 0.2) is 24.3 Å². The number of benzene rings is 1. The third kappa shape index (κ3) is 5.73. The van der Waals surface area contributed by atoms with Crippen LogP contribution in [0.5, 0.6) is 0 Å². The highest BCUT2D eigenvalue weighted by atomic mass is 35.5. The Labute approximate surface area is 139 Å². The van der Waals surface area contributed by atoms with Gasteiger partial charge in [0.1, 0.15) is 0 Å². The van der Waals surface area contributed by atoms with Gasteiger partial charge in [-0.2, -0.15) is 0 Å². The SMILES string of the molecule is CN(C)C1CCN(C(=O)Cc2ccc(N)cc2)CC1.Cl.Cl. The third-order valence-electron chi connectivity index (χ3n) is 3.88. The normalized spacial score (nSPS) is 15.3. The first-order chi connectivity index (χ1) is 9.06. The molecule has 2 rings (SSSR count). The predicted molar refractivity (Wildman–Crippen MR) is 92.3 cm³/mol. The maximum absolute atomic E-state index is 12.2. The molecule has 1 heterocycles. The Bertz CT molecular complexity index is 429. The Hall–Kier alpha value is -0.970. The molecule has 0 unspecified atom stereocenters.